The summed E-state index contributed by atoms with van der Waals surface area (Å²) >= 11 is 0. The molecule has 0 radical (unpaired) electrons. The lowest BCUT2D eigenvalue weighted by molar-refractivity contribution is -0.141. The van der Waals surface area contributed by atoms with Crippen molar-refractivity contribution < 1.29 is 13.2 Å². The molecule has 4 heterocycles. The molecule has 0 saturated carbocycles. The Bertz CT molecular complexity index is 1150. The van der Waals surface area contributed by atoms with E-state index in [-0.39, 0.29) is 11.2 Å². The molecule has 0 aromatic carbocycles. The van der Waals surface area contributed by atoms with Crippen LogP contribution in [0.2, 0.25) is 0 Å². The van der Waals surface area contributed by atoms with Crippen molar-refractivity contribution in [1.82, 2.24) is 24.3 Å². The summed E-state index contributed by atoms with van der Waals surface area (Å²) in [6.45, 7) is 0. The number of nitrogens with zero attached hydrogens (tertiary/aromatic N) is 5. The number of alkyl halides is 3. The summed E-state index contributed by atoms with van der Waals surface area (Å²) in [6, 6.07) is 10.2. The molecule has 4 rings (SSSR count). The van der Waals surface area contributed by atoms with Crippen LogP contribution in [0.25, 0.3) is 22.5 Å². The second kappa shape index (κ2) is 5.80. The topological polar surface area (TPSA) is 65.6 Å². The van der Waals surface area contributed by atoms with Crippen LogP contribution < -0.4 is 5.56 Å². The fourth-order valence-corrected chi connectivity index (χ4v) is 2.52. The highest BCUT2D eigenvalue weighted by Gasteiger charge is 2.32. The summed E-state index contributed by atoms with van der Waals surface area (Å²) in [6.07, 6.45) is -0.160. The Morgan fingerprint density at radius 1 is 0.962 bits per heavy atom. The van der Waals surface area contributed by atoms with Crippen molar-refractivity contribution in [3.8, 4) is 11.6 Å². The van der Waals surface area contributed by atoms with Crippen molar-refractivity contribution in [2.45, 2.75) is 6.18 Å². The lowest BCUT2D eigenvalue weighted by Crippen LogP contribution is -2.19. The van der Waals surface area contributed by atoms with Crippen LogP contribution in [0.5, 0.6) is 0 Å². The minimum Gasteiger partial charge on any atom is -0.268 e. The minimum absolute atomic E-state index is 0.114. The smallest absolute Gasteiger partial charge is 0.268 e. The number of hydrogen-bond acceptors (Lipinski definition) is 4. The molecule has 0 bridgehead atoms. The molecule has 9 heteroatoms. The zero-order valence-corrected chi connectivity index (χ0v) is 13.1. The summed E-state index contributed by atoms with van der Waals surface area (Å²) in [7, 11) is 0. The van der Waals surface area contributed by atoms with Gasteiger partial charge < -0.3 is 0 Å². The average Bonchev–Trinajstić information content (AvgIpc) is 3.07. The van der Waals surface area contributed by atoms with Crippen LogP contribution in [0.1, 0.15) is 5.69 Å². The molecule has 0 spiro atoms. The Morgan fingerprint density at radius 3 is 2.50 bits per heavy atom. The summed E-state index contributed by atoms with van der Waals surface area (Å²) in [4.78, 5) is 20.4. The van der Waals surface area contributed by atoms with E-state index in [2.05, 4.69) is 15.1 Å². The molecule has 0 fully saturated rings. The summed E-state index contributed by atoms with van der Waals surface area (Å²) < 4.78 is 41.1. The molecule has 0 aliphatic carbocycles. The van der Waals surface area contributed by atoms with Gasteiger partial charge in [-0.25, -0.2) is 14.6 Å². The fraction of sp³-hybridized carbons (Fsp3) is 0.0588. The highest BCUT2D eigenvalue weighted by Crippen LogP contribution is 2.27. The number of hydrogen-bond donors (Lipinski definition) is 0. The summed E-state index contributed by atoms with van der Waals surface area (Å²) in [5.41, 5.74) is -1.17. The predicted octanol–water partition coefficient (Wildman–Crippen LogP) is 2.99. The molecule has 0 N–H and O–H groups in total. The number of rotatable bonds is 2. The maximum Gasteiger partial charge on any atom is 0.433 e. The number of pyridine rings is 3. The summed E-state index contributed by atoms with van der Waals surface area (Å²) in [5.74, 6) is 0.407. The highest BCUT2D eigenvalue weighted by atomic mass is 19.4. The minimum atomic E-state index is -4.59. The standard InChI is InChI=1S/C17H10F3N5O/c18-17(19,20)13-4-3-6-15(22-13)24-9-7-12-11(16(24)26)10-25(23-12)14-5-1-2-8-21-14/h1-10H. The van der Waals surface area contributed by atoms with Gasteiger partial charge in [0.1, 0.15) is 11.5 Å². The molecule has 4 aromatic heterocycles. The monoisotopic (exact) mass is 357 g/mol. The van der Waals surface area contributed by atoms with Crippen molar-refractivity contribution in [3.05, 3.63) is 77.1 Å². The Kier molecular flexibility index (Phi) is 3.57. The molecular weight excluding hydrogens is 347 g/mol. The van der Waals surface area contributed by atoms with Gasteiger partial charge in [0.2, 0.25) is 0 Å². The number of halogens is 3. The van der Waals surface area contributed by atoms with Crippen molar-refractivity contribution >= 4 is 10.9 Å². The van der Waals surface area contributed by atoms with E-state index in [0.717, 1.165) is 10.6 Å². The SMILES string of the molecule is O=c1c2cn(-c3ccccn3)nc2ccn1-c1cccc(C(F)(F)F)n1. The maximum atomic E-state index is 12.9. The lowest BCUT2D eigenvalue weighted by atomic mass is 10.3. The van der Waals surface area contributed by atoms with Gasteiger partial charge in [0.15, 0.2) is 5.82 Å². The van der Waals surface area contributed by atoms with Crippen LogP contribution >= 0.6 is 0 Å². The van der Waals surface area contributed by atoms with E-state index in [4.69, 9.17) is 0 Å². The zero-order valence-electron chi connectivity index (χ0n) is 13.1. The van der Waals surface area contributed by atoms with Crippen LogP contribution in [0.3, 0.4) is 0 Å². The van der Waals surface area contributed by atoms with Gasteiger partial charge in [-0.15, -0.1) is 0 Å². The van der Waals surface area contributed by atoms with E-state index in [1.54, 1.807) is 24.4 Å². The van der Waals surface area contributed by atoms with E-state index < -0.39 is 17.4 Å². The predicted molar refractivity (Wildman–Crippen MR) is 87.3 cm³/mol. The number of fused-ring (bicyclic) bond motifs is 1. The largest absolute Gasteiger partial charge is 0.433 e. The van der Waals surface area contributed by atoms with Crippen LogP contribution in [0, 0.1) is 0 Å². The van der Waals surface area contributed by atoms with Crippen LogP contribution in [-0.4, -0.2) is 24.3 Å². The van der Waals surface area contributed by atoms with Gasteiger partial charge in [0.05, 0.1) is 10.9 Å². The molecular formula is C17H10F3N5O. The summed E-state index contributed by atoms with van der Waals surface area (Å²) in [5, 5.41) is 4.52. The molecule has 0 aliphatic rings. The van der Waals surface area contributed by atoms with Crippen molar-refractivity contribution in [2.24, 2.45) is 0 Å². The Labute approximate surface area is 144 Å². The van der Waals surface area contributed by atoms with E-state index in [0.29, 0.717) is 11.3 Å². The van der Waals surface area contributed by atoms with Crippen molar-refractivity contribution in [3.63, 3.8) is 0 Å². The Morgan fingerprint density at radius 2 is 1.77 bits per heavy atom. The molecule has 0 aliphatic heterocycles. The van der Waals surface area contributed by atoms with Gasteiger partial charge in [0, 0.05) is 18.6 Å². The van der Waals surface area contributed by atoms with Gasteiger partial charge in [-0.1, -0.05) is 12.1 Å². The number of aromatic nitrogens is 5. The molecule has 4 aromatic rings. The molecule has 6 nitrogen and oxygen atoms in total. The quantitative estimate of drug-likeness (QED) is 0.553. The molecule has 0 atom stereocenters. The average molecular weight is 357 g/mol. The third kappa shape index (κ3) is 2.73. The second-order valence-electron chi connectivity index (χ2n) is 5.43. The van der Waals surface area contributed by atoms with Gasteiger partial charge in [-0.05, 0) is 30.3 Å². The van der Waals surface area contributed by atoms with Crippen molar-refractivity contribution in [1.29, 1.82) is 0 Å². The van der Waals surface area contributed by atoms with E-state index in [1.165, 1.54) is 35.3 Å². The third-order valence-corrected chi connectivity index (χ3v) is 3.73. The van der Waals surface area contributed by atoms with E-state index in [1.807, 2.05) is 0 Å². The molecule has 26 heavy (non-hydrogen) atoms. The molecule has 0 amide bonds. The van der Waals surface area contributed by atoms with Gasteiger partial charge in [-0.3, -0.25) is 9.36 Å². The van der Waals surface area contributed by atoms with E-state index >= 15 is 0 Å². The van der Waals surface area contributed by atoms with Crippen LogP contribution in [0.4, 0.5) is 13.2 Å². The fourth-order valence-electron chi connectivity index (χ4n) is 2.52. The Hall–Kier alpha value is -3.49. The molecule has 0 unspecified atom stereocenters. The lowest BCUT2D eigenvalue weighted by Gasteiger charge is -2.09. The normalized spacial score (nSPS) is 11.8. The first-order valence-corrected chi connectivity index (χ1v) is 7.50. The van der Waals surface area contributed by atoms with Crippen molar-refractivity contribution in [2.75, 3.05) is 0 Å². The molecule has 0 saturated heterocycles. The zero-order chi connectivity index (χ0) is 18.3. The Balaban J connectivity index is 1.86. The van der Waals surface area contributed by atoms with E-state index in [9.17, 15) is 18.0 Å². The van der Waals surface area contributed by atoms with Crippen LogP contribution in [-0.2, 0) is 6.18 Å². The first-order valence-electron chi connectivity index (χ1n) is 7.50. The first kappa shape index (κ1) is 16.0. The van der Waals surface area contributed by atoms with Gasteiger partial charge in [-0.2, -0.15) is 18.3 Å². The van der Waals surface area contributed by atoms with Crippen LogP contribution in [0.15, 0.2) is 65.8 Å². The first-order chi connectivity index (χ1) is 12.4. The maximum absolute atomic E-state index is 12.9. The third-order valence-electron chi connectivity index (χ3n) is 3.73. The molecule has 130 valence electrons. The second-order valence-corrected chi connectivity index (χ2v) is 5.43. The highest BCUT2D eigenvalue weighted by molar-refractivity contribution is 5.77. The van der Waals surface area contributed by atoms with Gasteiger partial charge >= 0.3 is 6.18 Å². The van der Waals surface area contributed by atoms with Gasteiger partial charge in [0.25, 0.3) is 5.56 Å².